The van der Waals surface area contributed by atoms with Gasteiger partial charge in [0.05, 0.1) is 44.3 Å². The van der Waals surface area contributed by atoms with E-state index < -0.39 is 6.10 Å². The maximum atomic E-state index is 11.6. The highest BCUT2D eigenvalue weighted by Gasteiger charge is 2.08. The topological polar surface area (TPSA) is 92.7 Å². The maximum absolute atomic E-state index is 11.6. The number of anilines is 3. The molecule has 3 N–H and O–H groups in total. The van der Waals surface area contributed by atoms with Crippen LogP contribution in [0.15, 0.2) is 36.5 Å². The molecule has 0 spiro atoms. The fourth-order valence-electron chi connectivity index (χ4n) is 2.07. The van der Waals surface area contributed by atoms with Gasteiger partial charge in [-0.1, -0.05) is 0 Å². The van der Waals surface area contributed by atoms with Crippen molar-refractivity contribution in [2.45, 2.75) is 19.4 Å². The number of carbonyl (C=O) groups is 1. The largest absolute Gasteiger partial charge is 0.497 e. The number of pyridine rings is 1. The van der Waals surface area contributed by atoms with Crippen LogP contribution in [0.2, 0.25) is 0 Å². The van der Waals surface area contributed by atoms with E-state index in [0.29, 0.717) is 23.0 Å². The Kier molecular flexibility index (Phi) is 5.97. The van der Waals surface area contributed by atoms with E-state index in [2.05, 4.69) is 15.6 Å². The van der Waals surface area contributed by atoms with Gasteiger partial charge in [0.15, 0.2) is 0 Å². The SMILES string of the molecule is COc1ccc(OC)c(Nc2ccc(NC(=O)CC(C)O)cn2)c1. The standard InChI is InChI=1S/C17H21N3O4/c1-11(21)8-17(22)19-12-4-7-16(18-10-12)20-14-9-13(23-2)5-6-15(14)24-3/h4-7,9-11,21H,8H2,1-3H3,(H,18,20)(H,19,22). The zero-order valence-corrected chi connectivity index (χ0v) is 13.9. The highest BCUT2D eigenvalue weighted by atomic mass is 16.5. The summed E-state index contributed by atoms with van der Waals surface area (Å²) < 4.78 is 10.5. The van der Waals surface area contributed by atoms with Crippen LogP contribution >= 0.6 is 0 Å². The Balaban J connectivity index is 2.07. The molecule has 0 bridgehead atoms. The number of aromatic nitrogens is 1. The summed E-state index contributed by atoms with van der Waals surface area (Å²) in [7, 11) is 3.18. The predicted octanol–water partition coefficient (Wildman–Crippen LogP) is 2.55. The van der Waals surface area contributed by atoms with Crippen LogP contribution in [0.3, 0.4) is 0 Å². The number of nitrogens with zero attached hydrogens (tertiary/aromatic N) is 1. The molecule has 2 rings (SSSR count). The monoisotopic (exact) mass is 331 g/mol. The van der Waals surface area contributed by atoms with Gasteiger partial charge in [0.2, 0.25) is 5.91 Å². The molecule has 0 saturated carbocycles. The lowest BCUT2D eigenvalue weighted by Gasteiger charge is -2.12. The molecule has 0 fully saturated rings. The normalized spacial score (nSPS) is 11.5. The number of carbonyl (C=O) groups excluding carboxylic acids is 1. The number of amides is 1. The third-order valence-electron chi connectivity index (χ3n) is 3.20. The van der Waals surface area contributed by atoms with Gasteiger partial charge in [0.1, 0.15) is 17.3 Å². The molecule has 1 aromatic heterocycles. The van der Waals surface area contributed by atoms with Gasteiger partial charge in [-0.2, -0.15) is 0 Å². The van der Waals surface area contributed by atoms with E-state index in [4.69, 9.17) is 9.47 Å². The summed E-state index contributed by atoms with van der Waals surface area (Å²) in [5.74, 6) is 1.68. The first-order valence-electron chi connectivity index (χ1n) is 7.45. The first-order chi connectivity index (χ1) is 11.5. The van der Waals surface area contributed by atoms with Crippen LogP contribution in [0.5, 0.6) is 11.5 Å². The average Bonchev–Trinajstić information content (AvgIpc) is 2.55. The Morgan fingerprint density at radius 2 is 2.04 bits per heavy atom. The fraction of sp³-hybridized carbons (Fsp3) is 0.294. The molecule has 1 unspecified atom stereocenters. The van der Waals surface area contributed by atoms with Crippen molar-refractivity contribution >= 4 is 23.1 Å². The van der Waals surface area contributed by atoms with E-state index in [-0.39, 0.29) is 12.3 Å². The number of hydrogen-bond acceptors (Lipinski definition) is 6. The number of aliphatic hydroxyl groups is 1. The third kappa shape index (κ3) is 4.85. The molecule has 7 heteroatoms. The smallest absolute Gasteiger partial charge is 0.227 e. The zero-order chi connectivity index (χ0) is 17.5. The first kappa shape index (κ1) is 17.6. The highest BCUT2D eigenvalue weighted by Crippen LogP contribution is 2.31. The number of rotatable bonds is 7. The molecule has 1 atom stereocenters. The van der Waals surface area contributed by atoms with Crippen LogP contribution < -0.4 is 20.1 Å². The first-order valence-corrected chi connectivity index (χ1v) is 7.45. The average molecular weight is 331 g/mol. The Labute approximate surface area is 140 Å². The second kappa shape index (κ2) is 8.16. The molecule has 1 heterocycles. The van der Waals surface area contributed by atoms with E-state index in [9.17, 15) is 9.90 Å². The summed E-state index contributed by atoms with van der Waals surface area (Å²) in [5.41, 5.74) is 1.28. The lowest BCUT2D eigenvalue weighted by Crippen LogP contribution is -2.17. The molecule has 2 aromatic rings. The Bertz CT molecular complexity index is 687. The van der Waals surface area contributed by atoms with Crippen molar-refractivity contribution in [3.63, 3.8) is 0 Å². The number of ether oxygens (including phenoxy) is 2. The van der Waals surface area contributed by atoms with Gasteiger partial charge in [-0.3, -0.25) is 4.79 Å². The number of benzene rings is 1. The molecule has 0 saturated heterocycles. The number of nitrogens with one attached hydrogen (secondary N) is 2. The minimum absolute atomic E-state index is 0.0427. The van der Waals surface area contributed by atoms with Crippen LogP contribution in [0, 0.1) is 0 Å². The second-order valence-corrected chi connectivity index (χ2v) is 5.22. The van der Waals surface area contributed by atoms with Gasteiger partial charge in [0, 0.05) is 6.07 Å². The van der Waals surface area contributed by atoms with Gasteiger partial charge >= 0.3 is 0 Å². The number of hydrogen-bond donors (Lipinski definition) is 3. The summed E-state index contributed by atoms with van der Waals surface area (Å²) in [6.45, 7) is 1.56. The molecule has 0 aliphatic heterocycles. The van der Waals surface area contributed by atoms with E-state index in [1.54, 1.807) is 51.5 Å². The molecule has 0 aliphatic rings. The molecule has 1 aromatic carbocycles. The summed E-state index contributed by atoms with van der Waals surface area (Å²) in [5, 5.41) is 15.0. The van der Waals surface area contributed by atoms with Gasteiger partial charge in [0.25, 0.3) is 0 Å². The lowest BCUT2D eigenvalue weighted by atomic mass is 10.2. The van der Waals surface area contributed by atoms with Crippen molar-refractivity contribution in [1.82, 2.24) is 4.98 Å². The van der Waals surface area contributed by atoms with Crippen LogP contribution in [-0.4, -0.2) is 36.3 Å². The molecule has 0 aliphatic carbocycles. The van der Waals surface area contributed by atoms with Crippen LogP contribution in [0.1, 0.15) is 13.3 Å². The van der Waals surface area contributed by atoms with Crippen LogP contribution in [0.4, 0.5) is 17.2 Å². The fourth-order valence-corrected chi connectivity index (χ4v) is 2.07. The van der Waals surface area contributed by atoms with Gasteiger partial charge in [-0.25, -0.2) is 4.98 Å². The Hall–Kier alpha value is -2.80. The van der Waals surface area contributed by atoms with Crippen molar-refractivity contribution in [2.24, 2.45) is 0 Å². The highest BCUT2D eigenvalue weighted by molar-refractivity contribution is 5.90. The summed E-state index contributed by atoms with van der Waals surface area (Å²) >= 11 is 0. The molecule has 128 valence electrons. The van der Waals surface area contributed by atoms with Crippen molar-refractivity contribution in [2.75, 3.05) is 24.9 Å². The van der Waals surface area contributed by atoms with Crippen LogP contribution in [-0.2, 0) is 4.79 Å². The van der Waals surface area contributed by atoms with E-state index in [1.165, 1.54) is 6.20 Å². The quantitative estimate of drug-likeness (QED) is 0.722. The Morgan fingerprint density at radius 3 is 2.62 bits per heavy atom. The zero-order valence-electron chi connectivity index (χ0n) is 13.9. The number of aliphatic hydroxyl groups excluding tert-OH is 1. The van der Waals surface area contributed by atoms with Gasteiger partial charge in [-0.15, -0.1) is 0 Å². The van der Waals surface area contributed by atoms with Gasteiger partial charge < -0.3 is 25.2 Å². The summed E-state index contributed by atoms with van der Waals surface area (Å²) in [6.07, 6.45) is 0.898. The van der Waals surface area contributed by atoms with E-state index in [0.717, 1.165) is 5.69 Å². The van der Waals surface area contributed by atoms with Crippen molar-refractivity contribution in [3.8, 4) is 11.5 Å². The van der Waals surface area contributed by atoms with Crippen molar-refractivity contribution in [3.05, 3.63) is 36.5 Å². The molecular weight excluding hydrogens is 310 g/mol. The molecule has 1 amide bonds. The summed E-state index contributed by atoms with van der Waals surface area (Å²) in [4.78, 5) is 15.9. The second-order valence-electron chi connectivity index (χ2n) is 5.22. The lowest BCUT2D eigenvalue weighted by molar-refractivity contribution is -0.117. The Morgan fingerprint density at radius 1 is 1.25 bits per heavy atom. The summed E-state index contributed by atoms with van der Waals surface area (Å²) in [6, 6.07) is 8.86. The number of methoxy groups -OCH3 is 2. The third-order valence-corrected chi connectivity index (χ3v) is 3.20. The van der Waals surface area contributed by atoms with Crippen molar-refractivity contribution in [1.29, 1.82) is 0 Å². The predicted molar refractivity (Wildman–Crippen MR) is 92.0 cm³/mol. The van der Waals surface area contributed by atoms with E-state index >= 15 is 0 Å². The van der Waals surface area contributed by atoms with E-state index in [1.807, 2.05) is 0 Å². The van der Waals surface area contributed by atoms with Gasteiger partial charge in [-0.05, 0) is 31.2 Å². The minimum Gasteiger partial charge on any atom is -0.497 e. The molecule has 24 heavy (non-hydrogen) atoms. The maximum Gasteiger partial charge on any atom is 0.227 e. The molecular formula is C17H21N3O4. The van der Waals surface area contributed by atoms with Crippen LogP contribution in [0.25, 0.3) is 0 Å². The van der Waals surface area contributed by atoms with Crippen molar-refractivity contribution < 1.29 is 19.4 Å². The molecule has 7 nitrogen and oxygen atoms in total. The minimum atomic E-state index is -0.681. The molecule has 0 radical (unpaired) electrons.